The Morgan fingerprint density at radius 3 is 1.90 bits per heavy atom. The Bertz CT molecular complexity index is 895. The fourth-order valence-corrected chi connectivity index (χ4v) is 4.15. The molecular formula is C25H28N3O+. The van der Waals surface area contributed by atoms with Gasteiger partial charge in [-0.2, -0.15) is 0 Å². The van der Waals surface area contributed by atoms with Crippen molar-refractivity contribution in [2.75, 3.05) is 31.5 Å². The highest BCUT2D eigenvalue weighted by atomic mass is 16.2. The summed E-state index contributed by atoms with van der Waals surface area (Å²) in [4.78, 5) is 16.2. The molecule has 4 nitrogen and oxygen atoms in total. The summed E-state index contributed by atoms with van der Waals surface area (Å²) in [5, 5.41) is 3.07. The van der Waals surface area contributed by atoms with Crippen LogP contribution in [0.4, 0.5) is 10.5 Å². The van der Waals surface area contributed by atoms with Crippen molar-refractivity contribution in [3.8, 4) is 0 Å². The molecule has 29 heavy (non-hydrogen) atoms. The molecule has 2 N–H and O–H groups in total. The van der Waals surface area contributed by atoms with Gasteiger partial charge in [0.1, 0.15) is 6.04 Å². The van der Waals surface area contributed by atoms with Crippen molar-refractivity contribution in [2.45, 2.75) is 13.0 Å². The number of carbonyl (C=O) groups is 1. The van der Waals surface area contributed by atoms with Crippen LogP contribution in [0.5, 0.6) is 0 Å². The van der Waals surface area contributed by atoms with E-state index in [2.05, 4.69) is 66.0 Å². The molecule has 3 aromatic carbocycles. The van der Waals surface area contributed by atoms with E-state index in [1.807, 2.05) is 36.1 Å². The first-order chi connectivity index (χ1) is 14.2. The van der Waals surface area contributed by atoms with Crippen molar-refractivity contribution >= 4 is 11.7 Å². The first kappa shape index (κ1) is 19.2. The van der Waals surface area contributed by atoms with Gasteiger partial charge < -0.3 is 15.1 Å². The third-order valence-corrected chi connectivity index (χ3v) is 5.75. The number of amides is 2. The average Bonchev–Trinajstić information content (AvgIpc) is 2.77. The molecule has 0 unspecified atom stereocenters. The van der Waals surface area contributed by atoms with E-state index in [-0.39, 0.29) is 6.03 Å². The Kier molecular flexibility index (Phi) is 5.92. The number of quaternary nitrogens is 1. The van der Waals surface area contributed by atoms with Crippen molar-refractivity contribution in [3.05, 3.63) is 102 Å². The number of aryl methyl sites for hydroxylation is 1. The van der Waals surface area contributed by atoms with Crippen molar-refractivity contribution in [2.24, 2.45) is 0 Å². The van der Waals surface area contributed by atoms with Gasteiger partial charge in [0.25, 0.3) is 0 Å². The molecule has 0 bridgehead atoms. The minimum Gasteiger partial charge on any atom is -0.322 e. The Hall–Kier alpha value is -3.11. The molecule has 1 aliphatic rings. The Balaban J connectivity index is 1.46. The Labute approximate surface area is 172 Å². The number of benzene rings is 3. The zero-order valence-corrected chi connectivity index (χ0v) is 16.8. The summed E-state index contributed by atoms with van der Waals surface area (Å²) in [5.41, 5.74) is 4.62. The standard InChI is InChI=1S/C25H27N3O/c1-20-10-8-9-15-23(20)26-25(29)28-18-16-27(17-19-28)24(21-11-4-2-5-12-21)22-13-6-3-7-14-22/h2-15,24H,16-19H2,1H3,(H,26,29)/p+1. The quantitative estimate of drug-likeness (QED) is 0.707. The Morgan fingerprint density at radius 1 is 0.828 bits per heavy atom. The molecule has 0 atom stereocenters. The highest BCUT2D eigenvalue weighted by molar-refractivity contribution is 5.90. The van der Waals surface area contributed by atoms with Gasteiger partial charge in [-0.15, -0.1) is 0 Å². The normalized spacial score (nSPS) is 14.8. The van der Waals surface area contributed by atoms with Crippen LogP contribution in [0.25, 0.3) is 0 Å². The fourth-order valence-electron chi connectivity index (χ4n) is 4.15. The number of para-hydroxylation sites is 1. The van der Waals surface area contributed by atoms with Crippen molar-refractivity contribution in [1.29, 1.82) is 0 Å². The summed E-state index contributed by atoms with van der Waals surface area (Å²) in [6, 6.07) is 29.6. The van der Waals surface area contributed by atoms with E-state index in [0.29, 0.717) is 6.04 Å². The molecule has 0 radical (unpaired) electrons. The van der Waals surface area contributed by atoms with Gasteiger partial charge in [-0.25, -0.2) is 4.79 Å². The van der Waals surface area contributed by atoms with Gasteiger partial charge in [0.05, 0.1) is 26.2 Å². The zero-order valence-electron chi connectivity index (χ0n) is 16.8. The van der Waals surface area contributed by atoms with Crippen molar-refractivity contribution in [1.82, 2.24) is 4.90 Å². The molecule has 4 heteroatoms. The monoisotopic (exact) mass is 386 g/mol. The highest BCUT2D eigenvalue weighted by Crippen LogP contribution is 2.19. The van der Waals surface area contributed by atoms with Gasteiger partial charge in [0, 0.05) is 16.8 Å². The van der Waals surface area contributed by atoms with Crippen LogP contribution in [0, 0.1) is 6.92 Å². The molecule has 1 aliphatic heterocycles. The van der Waals surface area contributed by atoms with E-state index >= 15 is 0 Å². The van der Waals surface area contributed by atoms with Crippen LogP contribution in [0.15, 0.2) is 84.9 Å². The minimum atomic E-state index is -0.00526. The molecule has 148 valence electrons. The lowest BCUT2D eigenvalue weighted by atomic mass is 9.96. The maximum atomic E-state index is 12.7. The van der Waals surface area contributed by atoms with Gasteiger partial charge in [0.15, 0.2) is 0 Å². The summed E-state index contributed by atoms with van der Waals surface area (Å²) < 4.78 is 0. The lowest BCUT2D eigenvalue weighted by Gasteiger charge is -2.37. The maximum absolute atomic E-state index is 12.7. The molecule has 1 saturated heterocycles. The summed E-state index contributed by atoms with van der Waals surface area (Å²) >= 11 is 0. The molecule has 0 aliphatic carbocycles. The van der Waals surface area contributed by atoms with Crippen molar-refractivity contribution in [3.63, 3.8) is 0 Å². The number of rotatable bonds is 4. The van der Waals surface area contributed by atoms with Crippen LogP contribution in [0.3, 0.4) is 0 Å². The molecule has 1 heterocycles. The van der Waals surface area contributed by atoms with Gasteiger partial charge in [-0.05, 0) is 18.6 Å². The van der Waals surface area contributed by atoms with E-state index in [4.69, 9.17) is 0 Å². The lowest BCUT2D eigenvalue weighted by Crippen LogP contribution is -3.15. The van der Waals surface area contributed by atoms with E-state index < -0.39 is 0 Å². The van der Waals surface area contributed by atoms with E-state index in [0.717, 1.165) is 37.4 Å². The van der Waals surface area contributed by atoms with Crippen LogP contribution in [0.1, 0.15) is 22.7 Å². The molecule has 0 aromatic heterocycles. The number of piperazine rings is 1. The molecule has 0 saturated carbocycles. The number of urea groups is 1. The van der Waals surface area contributed by atoms with E-state index in [9.17, 15) is 4.79 Å². The van der Waals surface area contributed by atoms with E-state index in [1.54, 1.807) is 0 Å². The summed E-state index contributed by atoms with van der Waals surface area (Å²) in [5.74, 6) is 0. The first-order valence-electron chi connectivity index (χ1n) is 10.3. The second-order valence-electron chi connectivity index (χ2n) is 7.64. The summed E-state index contributed by atoms with van der Waals surface area (Å²) in [6.07, 6.45) is 0. The molecule has 4 rings (SSSR count). The SMILES string of the molecule is Cc1ccccc1NC(=O)N1CC[NH+](C(c2ccccc2)c2ccccc2)CC1. The maximum Gasteiger partial charge on any atom is 0.322 e. The lowest BCUT2D eigenvalue weighted by molar-refractivity contribution is -0.929. The number of anilines is 1. The van der Waals surface area contributed by atoms with Crippen LogP contribution in [-0.2, 0) is 0 Å². The minimum absolute atomic E-state index is 0.00526. The molecular weight excluding hydrogens is 358 g/mol. The van der Waals surface area contributed by atoms with Crippen LogP contribution < -0.4 is 10.2 Å². The van der Waals surface area contributed by atoms with Gasteiger partial charge in [-0.3, -0.25) is 0 Å². The molecule has 3 aromatic rings. The fraction of sp³-hybridized carbons (Fsp3) is 0.240. The predicted molar refractivity (Wildman–Crippen MR) is 117 cm³/mol. The predicted octanol–water partition coefficient (Wildman–Crippen LogP) is 3.52. The smallest absolute Gasteiger partial charge is 0.322 e. The van der Waals surface area contributed by atoms with Crippen LogP contribution in [0.2, 0.25) is 0 Å². The van der Waals surface area contributed by atoms with Crippen LogP contribution >= 0.6 is 0 Å². The number of carbonyl (C=O) groups excluding carboxylic acids is 1. The summed E-state index contributed by atoms with van der Waals surface area (Å²) in [7, 11) is 0. The van der Waals surface area contributed by atoms with Gasteiger partial charge in [-0.1, -0.05) is 78.9 Å². The second kappa shape index (κ2) is 8.93. The third kappa shape index (κ3) is 4.49. The zero-order chi connectivity index (χ0) is 20.1. The number of hydrogen-bond donors (Lipinski definition) is 2. The number of nitrogens with zero attached hydrogens (tertiary/aromatic N) is 1. The average molecular weight is 387 g/mol. The van der Waals surface area contributed by atoms with Crippen molar-refractivity contribution < 1.29 is 9.69 Å². The highest BCUT2D eigenvalue weighted by Gasteiger charge is 2.31. The first-order valence-corrected chi connectivity index (χ1v) is 10.3. The summed E-state index contributed by atoms with van der Waals surface area (Å²) in [6.45, 7) is 5.37. The van der Waals surface area contributed by atoms with Crippen LogP contribution in [-0.4, -0.2) is 37.1 Å². The topological polar surface area (TPSA) is 36.8 Å². The second-order valence-corrected chi connectivity index (χ2v) is 7.64. The number of hydrogen-bond acceptors (Lipinski definition) is 1. The van der Waals surface area contributed by atoms with Gasteiger partial charge in [0.2, 0.25) is 0 Å². The largest absolute Gasteiger partial charge is 0.322 e. The molecule has 0 spiro atoms. The Morgan fingerprint density at radius 2 is 1.34 bits per heavy atom. The van der Waals surface area contributed by atoms with E-state index in [1.165, 1.54) is 16.0 Å². The van der Waals surface area contributed by atoms with Gasteiger partial charge >= 0.3 is 6.03 Å². The number of nitrogens with one attached hydrogen (secondary N) is 2. The molecule has 1 fully saturated rings. The molecule has 2 amide bonds. The third-order valence-electron chi connectivity index (χ3n) is 5.75.